The number of aromatic nitrogens is 1. The minimum Gasteiger partial charge on any atom is -0.369 e. The Hall–Kier alpha value is -3.07. The molecule has 3 N–H and O–H groups in total. The predicted octanol–water partition coefficient (Wildman–Crippen LogP) is 2.95. The number of nitrogens with zero attached hydrogens (tertiary/aromatic N) is 2. The normalized spacial score (nSPS) is 21.5. The molecule has 1 aromatic carbocycles. The number of primary amides is 1. The molecule has 1 aromatic heterocycles. The molecular formula is C23H26N4O4S. The predicted molar refractivity (Wildman–Crippen MR) is 120 cm³/mol. The van der Waals surface area contributed by atoms with E-state index in [0.29, 0.717) is 10.8 Å². The van der Waals surface area contributed by atoms with Crippen LogP contribution in [-0.2, 0) is 19.2 Å². The highest BCUT2D eigenvalue weighted by atomic mass is 32.1. The van der Waals surface area contributed by atoms with Crippen molar-refractivity contribution in [2.24, 2.45) is 17.6 Å². The zero-order valence-corrected chi connectivity index (χ0v) is 18.5. The van der Waals surface area contributed by atoms with Gasteiger partial charge in [0.1, 0.15) is 12.0 Å². The van der Waals surface area contributed by atoms with Gasteiger partial charge < -0.3 is 11.1 Å². The average molecular weight is 455 g/mol. The van der Waals surface area contributed by atoms with Crippen LogP contribution in [0.15, 0.2) is 35.7 Å². The molecule has 4 rings (SSSR count). The summed E-state index contributed by atoms with van der Waals surface area (Å²) < 4.78 is 0. The third-order valence-corrected chi connectivity index (χ3v) is 6.97. The number of carbonyl (C=O) groups excluding carboxylic acids is 4. The van der Waals surface area contributed by atoms with Crippen LogP contribution in [-0.4, -0.2) is 39.6 Å². The molecule has 4 amide bonds. The first-order valence-electron chi connectivity index (χ1n) is 10.9. The van der Waals surface area contributed by atoms with Crippen LogP contribution in [0.25, 0.3) is 11.3 Å². The smallest absolute Gasteiger partial charge is 0.249 e. The van der Waals surface area contributed by atoms with E-state index in [9.17, 15) is 19.2 Å². The molecule has 2 atom stereocenters. The molecule has 2 aliphatic rings. The summed E-state index contributed by atoms with van der Waals surface area (Å²) in [4.78, 5) is 56.0. The van der Waals surface area contributed by atoms with Gasteiger partial charge in [-0.25, -0.2) is 4.98 Å². The second-order valence-electron chi connectivity index (χ2n) is 8.41. The Morgan fingerprint density at radius 2 is 1.84 bits per heavy atom. The SMILES string of the molecule is NC(=O)[C@H]1C[C@@H](C(=O)Nc2nc(-c3ccccc3)cs2)N(C(=O)CC2CCCCC2)C1=O. The molecule has 1 saturated carbocycles. The minimum absolute atomic E-state index is 0.104. The van der Waals surface area contributed by atoms with E-state index in [2.05, 4.69) is 10.3 Å². The molecule has 2 aromatic rings. The third kappa shape index (κ3) is 4.72. The summed E-state index contributed by atoms with van der Waals surface area (Å²) in [6.07, 6.45) is 5.25. The molecule has 9 heteroatoms. The number of amides is 4. The standard InChI is InChI=1S/C23H26N4O4S/c24-20(29)16-12-18(27(22(16)31)19(28)11-14-7-3-1-4-8-14)21(30)26-23-25-17(13-32-23)15-9-5-2-6-10-15/h2,5-6,9-10,13-14,16,18H,1,3-4,7-8,11-12H2,(H2,24,29)(H,25,26,30)/t16-,18+/m1/s1. The molecule has 1 aliphatic heterocycles. The summed E-state index contributed by atoms with van der Waals surface area (Å²) in [5, 5.41) is 4.90. The lowest BCUT2D eigenvalue weighted by molar-refractivity contribution is -0.149. The van der Waals surface area contributed by atoms with Gasteiger partial charge in [-0.3, -0.25) is 24.1 Å². The van der Waals surface area contributed by atoms with Crippen molar-refractivity contribution in [2.75, 3.05) is 5.32 Å². The lowest BCUT2D eigenvalue weighted by atomic mass is 9.86. The van der Waals surface area contributed by atoms with Crippen LogP contribution in [0.1, 0.15) is 44.9 Å². The van der Waals surface area contributed by atoms with Crippen molar-refractivity contribution in [2.45, 2.75) is 51.0 Å². The van der Waals surface area contributed by atoms with E-state index in [1.54, 1.807) is 0 Å². The van der Waals surface area contributed by atoms with Gasteiger partial charge in [0, 0.05) is 17.4 Å². The molecule has 8 nitrogen and oxygen atoms in total. The fourth-order valence-corrected chi connectivity index (χ4v) is 5.23. The first kappa shape index (κ1) is 22.1. The molecule has 2 fully saturated rings. The fourth-order valence-electron chi connectivity index (χ4n) is 4.51. The number of anilines is 1. The zero-order valence-electron chi connectivity index (χ0n) is 17.7. The fraction of sp³-hybridized carbons (Fsp3) is 0.435. The van der Waals surface area contributed by atoms with Gasteiger partial charge >= 0.3 is 0 Å². The maximum Gasteiger partial charge on any atom is 0.249 e. The van der Waals surface area contributed by atoms with Gasteiger partial charge in [0.2, 0.25) is 23.6 Å². The van der Waals surface area contributed by atoms with Crippen molar-refractivity contribution in [1.29, 1.82) is 0 Å². The van der Waals surface area contributed by atoms with Crippen molar-refractivity contribution in [3.63, 3.8) is 0 Å². The Labute approximate surface area is 190 Å². The monoisotopic (exact) mass is 454 g/mol. The van der Waals surface area contributed by atoms with Crippen molar-refractivity contribution in [3.8, 4) is 11.3 Å². The number of rotatable bonds is 6. The highest BCUT2D eigenvalue weighted by molar-refractivity contribution is 7.14. The van der Waals surface area contributed by atoms with Gasteiger partial charge in [-0.15, -0.1) is 11.3 Å². The van der Waals surface area contributed by atoms with Crippen molar-refractivity contribution in [3.05, 3.63) is 35.7 Å². The van der Waals surface area contributed by atoms with Gasteiger partial charge in [0.25, 0.3) is 0 Å². The van der Waals surface area contributed by atoms with Crippen molar-refractivity contribution < 1.29 is 19.2 Å². The lowest BCUT2D eigenvalue weighted by Crippen LogP contribution is -2.46. The van der Waals surface area contributed by atoms with Crippen LogP contribution >= 0.6 is 11.3 Å². The second kappa shape index (κ2) is 9.60. The first-order valence-corrected chi connectivity index (χ1v) is 11.8. The molecule has 32 heavy (non-hydrogen) atoms. The van der Waals surface area contributed by atoms with E-state index < -0.39 is 35.6 Å². The number of likely N-dealkylation sites (tertiary alicyclic amines) is 1. The molecule has 1 aliphatic carbocycles. The Bertz CT molecular complexity index is 1020. The molecule has 0 radical (unpaired) electrons. The summed E-state index contributed by atoms with van der Waals surface area (Å²) in [6, 6.07) is 8.47. The van der Waals surface area contributed by atoms with E-state index in [4.69, 9.17) is 5.73 Å². The van der Waals surface area contributed by atoms with Crippen LogP contribution in [0.2, 0.25) is 0 Å². The third-order valence-electron chi connectivity index (χ3n) is 6.21. The number of nitrogens with two attached hydrogens (primary N) is 1. The Morgan fingerprint density at radius 1 is 1.12 bits per heavy atom. The number of hydrogen-bond donors (Lipinski definition) is 2. The van der Waals surface area contributed by atoms with Gasteiger partial charge in [-0.2, -0.15) is 0 Å². The Balaban J connectivity index is 1.49. The number of thiazole rings is 1. The minimum atomic E-state index is -1.17. The number of imide groups is 1. The maximum atomic E-state index is 13.0. The van der Waals surface area contributed by atoms with Crippen LogP contribution in [0, 0.1) is 11.8 Å². The maximum absolute atomic E-state index is 13.0. The molecule has 0 spiro atoms. The van der Waals surface area contributed by atoms with Gasteiger partial charge in [-0.05, 0) is 25.2 Å². The number of carbonyl (C=O) groups is 4. The topological polar surface area (TPSA) is 122 Å². The van der Waals surface area contributed by atoms with E-state index in [1.165, 1.54) is 11.3 Å². The van der Waals surface area contributed by atoms with E-state index >= 15 is 0 Å². The molecule has 1 saturated heterocycles. The summed E-state index contributed by atoms with van der Waals surface area (Å²) in [5.74, 6) is -3.41. The van der Waals surface area contributed by atoms with E-state index in [1.807, 2.05) is 35.7 Å². The number of benzene rings is 1. The molecule has 0 unspecified atom stereocenters. The van der Waals surface area contributed by atoms with Crippen LogP contribution < -0.4 is 11.1 Å². The zero-order chi connectivity index (χ0) is 22.7. The van der Waals surface area contributed by atoms with E-state index in [0.717, 1.165) is 42.6 Å². The first-order chi connectivity index (χ1) is 15.4. The van der Waals surface area contributed by atoms with Gasteiger partial charge in [-0.1, -0.05) is 49.6 Å². The average Bonchev–Trinajstić information content (AvgIpc) is 3.39. The quantitative estimate of drug-likeness (QED) is 0.650. The molecule has 2 heterocycles. The molecule has 168 valence electrons. The molecule has 0 bridgehead atoms. The van der Waals surface area contributed by atoms with Gasteiger partial charge in [0.15, 0.2) is 5.13 Å². The highest BCUT2D eigenvalue weighted by Crippen LogP contribution is 2.32. The summed E-state index contributed by atoms with van der Waals surface area (Å²) in [5.41, 5.74) is 7.01. The van der Waals surface area contributed by atoms with Crippen LogP contribution in [0.5, 0.6) is 0 Å². The Kier molecular flexibility index (Phi) is 6.64. The van der Waals surface area contributed by atoms with Crippen LogP contribution in [0.4, 0.5) is 5.13 Å². The van der Waals surface area contributed by atoms with Crippen molar-refractivity contribution in [1.82, 2.24) is 9.88 Å². The number of hydrogen-bond acceptors (Lipinski definition) is 6. The van der Waals surface area contributed by atoms with Crippen molar-refractivity contribution >= 4 is 40.1 Å². The van der Waals surface area contributed by atoms with E-state index in [-0.39, 0.29) is 18.8 Å². The summed E-state index contributed by atoms with van der Waals surface area (Å²) >= 11 is 1.25. The number of nitrogens with one attached hydrogen (secondary N) is 1. The molecular weight excluding hydrogens is 428 g/mol. The highest BCUT2D eigenvalue weighted by Gasteiger charge is 2.49. The Morgan fingerprint density at radius 3 is 2.53 bits per heavy atom. The van der Waals surface area contributed by atoms with Crippen LogP contribution in [0.3, 0.4) is 0 Å². The second-order valence-corrected chi connectivity index (χ2v) is 9.27. The largest absolute Gasteiger partial charge is 0.369 e. The van der Waals surface area contributed by atoms with Gasteiger partial charge in [0.05, 0.1) is 5.69 Å². The lowest BCUT2D eigenvalue weighted by Gasteiger charge is -2.26. The summed E-state index contributed by atoms with van der Waals surface area (Å²) in [6.45, 7) is 0. The summed E-state index contributed by atoms with van der Waals surface area (Å²) in [7, 11) is 0.